The summed E-state index contributed by atoms with van der Waals surface area (Å²) >= 11 is 6.05. The van der Waals surface area contributed by atoms with Crippen LogP contribution in [0.3, 0.4) is 0 Å². The van der Waals surface area contributed by atoms with Crippen molar-refractivity contribution in [1.29, 1.82) is 0 Å². The number of methoxy groups -OCH3 is 2. The van der Waals surface area contributed by atoms with E-state index in [1.54, 1.807) is 20.3 Å². The Kier molecular flexibility index (Phi) is 3.56. The maximum absolute atomic E-state index is 6.05. The molecule has 0 amide bonds. The van der Waals surface area contributed by atoms with Crippen LogP contribution in [0.1, 0.15) is 12.0 Å². The van der Waals surface area contributed by atoms with Gasteiger partial charge in [0.2, 0.25) is 0 Å². The lowest BCUT2D eigenvalue weighted by Gasteiger charge is -2.31. The summed E-state index contributed by atoms with van der Waals surface area (Å²) in [5, 5.41) is 0.688. The summed E-state index contributed by atoms with van der Waals surface area (Å²) in [6.07, 6.45) is 1.28. The number of halogens is 1. The molecule has 0 radical (unpaired) electrons. The second kappa shape index (κ2) is 4.93. The molecule has 0 aliphatic carbocycles. The van der Waals surface area contributed by atoms with Gasteiger partial charge in [-0.1, -0.05) is 11.6 Å². The molecule has 0 spiro atoms. The largest absolute Gasteiger partial charge is 0.493 e. The summed E-state index contributed by atoms with van der Waals surface area (Å²) in [6, 6.07) is 3.72. The monoisotopic (exact) mass is 241 g/mol. The predicted molar refractivity (Wildman–Crippen MR) is 64.5 cm³/mol. The number of rotatable bonds is 4. The van der Waals surface area contributed by atoms with Gasteiger partial charge in [-0.25, -0.2) is 0 Å². The van der Waals surface area contributed by atoms with Gasteiger partial charge >= 0.3 is 0 Å². The highest BCUT2D eigenvalue weighted by Gasteiger charge is 2.18. The van der Waals surface area contributed by atoms with Crippen molar-refractivity contribution in [3.05, 3.63) is 22.7 Å². The minimum Gasteiger partial charge on any atom is -0.493 e. The van der Waals surface area contributed by atoms with E-state index < -0.39 is 0 Å². The number of hydrogen-bond acceptors (Lipinski definition) is 3. The molecule has 1 fully saturated rings. The lowest BCUT2D eigenvalue weighted by atomic mass is 10.1. The van der Waals surface area contributed by atoms with Crippen LogP contribution in [-0.4, -0.2) is 32.2 Å². The third-order valence-corrected chi connectivity index (χ3v) is 3.08. The van der Waals surface area contributed by atoms with Crippen molar-refractivity contribution in [2.45, 2.75) is 13.0 Å². The molecule has 0 aromatic heterocycles. The fourth-order valence-electron chi connectivity index (χ4n) is 1.90. The van der Waals surface area contributed by atoms with Crippen LogP contribution in [0.4, 0.5) is 0 Å². The number of likely N-dealkylation sites (tertiary alicyclic amines) is 1. The van der Waals surface area contributed by atoms with Crippen molar-refractivity contribution in [2.75, 3.05) is 27.3 Å². The molecule has 1 saturated heterocycles. The van der Waals surface area contributed by atoms with E-state index in [4.69, 9.17) is 21.1 Å². The van der Waals surface area contributed by atoms with Crippen LogP contribution >= 0.6 is 11.6 Å². The first-order valence-electron chi connectivity index (χ1n) is 5.37. The Morgan fingerprint density at radius 3 is 2.50 bits per heavy atom. The molecule has 1 aliphatic heterocycles. The normalized spacial score (nSPS) is 15.7. The van der Waals surface area contributed by atoms with E-state index in [0.717, 1.165) is 30.9 Å². The van der Waals surface area contributed by atoms with Gasteiger partial charge in [-0.15, -0.1) is 0 Å². The van der Waals surface area contributed by atoms with Gasteiger partial charge in [-0.2, -0.15) is 0 Å². The van der Waals surface area contributed by atoms with Gasteiger partial charge in [-0.3, -0.25) is 4.90 Å². The van der Waals surface area contributed by atoms with Crippen molar-refractivity contribution < 1.29 is 9.47 Å². The molecular weight excluding hydrogens is 226 g/mol. The second-order valence-electron chi connectivity index (χ2n) is 3.93. The first-order chi connectivity index (χ1) is 7.74. The second-order valence-corrected chi connectivity index (χ2v) is 4.37. The predicted octanol–water partition coefficient (Wildman–Crippen LogP) is 2.56. The van der Waals surface area contributed by atoms with Crippen molar-refractivity contribution in [1.82, 2.24) is 4.90 Å². The van der Waals surface area contributed by atoms with Crippen molar-refractivity contribution >= 4 is 11.6 Å². The van der Waals surface area contributed by atoms with Gasteiger partial charge in [0.25, 0.3) is 0 Å². The Bertz CT molecular complexity index is 378. The highest BCUT2D eigenvalue weighted by atomic mass is 35.5. The first-order valence-corrected chi connectivity index (χ1v) is 5.75. The van der Waals surface area contributed by atoms with E-state index in [1.807, 2.05) is 6.07 Å². The summed E-state index contributed by atoms with van der Waals surface area (Å²) in [7, 11) is 3.28. The van der Waals surface area contributed by atoms with Crippen LogP contribution in [0.2, 0.25) is 5.02 Å². The van der Waals surface area contributed by atoms with Crippen molar-refractivity contribution in [2.24, 2.45) is 0 Å². The van der Waals surface area contributed by atoms with Crippen LogP contribution in [0, 0.1) is 0 Å². The van der Waals surface area contributed by atoms with Crippen LogP contribution in [0.25, 0.3) is 0 Å². The molecule has 0 N–H and O–H groups in total. The van der Waals surface area contributed by atoms with E-state index in [2.05, 4.69) is 4.90 Å². The van der Waals surface area contributed by atoms with E-state index in [9.17, 15) is 0 Å². The van der Waals surface area contributed by atoms with Crippen LogP contribution in [0.5, 0.6) is 11.5 Å². The van der Waals surface area contributed by atoms with Crippen molar-refractivity contribution in [3.63, 3.8) is 0 Å². The summed E-state index contributed by atoms with van der Waals surface area (Å²) in [5.74, 6) is 1.49. The topological polar surface area (TPSA) is 21.7 Å². The maximum atomic E-state index is 6.05. The molecule has 3 nitrogen and oxygen atoms in total. The fraction of sp³-hybridized carbons (Fsp3) is 0.500. The standard InChI is InChI=1S/C12H16ClNO2/c1-15-11-7-10(13)6-9(12(11)16-2)8-14-4-3-5-14/h6-7H,3-5,8H2,1-2H3. The van der Waals surface area contributed by atoms with E-state index in [1.165, 1.54) is 6.42 Å². The van der Waals surface area contributed by atoms with Gasteiger partial charge in [0.15, 0.2) is 11.5 Å². The first kappa shape index (κ1) is 11.6. The summed E-state index contributed by atoms with van der Waals surface area (Å²) in [6.45, 7) is 3.18. The Morgan fingerprint density at radius 1 is 1.25 bits per heavy atom. The maximum Gasteiger partial charge on any atom is 0.165 e. The third-order valence-electron chi connectivity index (χ3n) is 2.86. The number of nitrogens with zero attached hydrogens (tertiary/aromatic N) is 1. The molecule has 1 aromatic rings. The quantitative estimate of drug-likeness (QED) is 0.809. The highest BCUT2D eigenvalue weighted by Crippen LogP contribution is 2.35. The van der Waals surface area contributed by atoms with Crippen LogP contribution in [-0.2, 0) is 6.54 Å². The Morgan fingerprint density at radius 2 is 2.00 bits per heavy atom. The lowest BCUT2D eigenvalue weighted by molar-refractivity contribution is 0.170. The summed E-state index contributed by atoms with van der Waals surface area (Å²) in [4.78, 5) is 2.35. The molecule has 1 aliphatic rings. The molecule has 4 heteroatoms. The van der Waals surface area contributed by atoms with Crippen LogP contribution < -0.4 is 9.47 Å². The fourth-order valence-corrected chi connectivity index (χ4v) is 2.13. The minimum absolute atomic E-state index is 0.688. The molecule has 0 saturated carbocycles. The van der Waals surface area contributed by atoms with Gasteiger partial charge < -0.3 is 9.47 Å². The Balaban J connectivity index is 2.28. The molecule has 16 heavy (non-hydrogen) atoms. The highest BCUT2D eigenvalue weighted by molar-refractivity contribution is 6.30. The molecule has 1 heterocycles. The number of hydrogen-bond donors (Lipinski definition) is 0. The SMILES string of the molecule is COc1cc(Cl)cc(CN2CCC2)c1OC. The Hall–Kier alpha value is -0.930. The summed E-state index contributed by atoms with van der Waals surface area (Å²) < 4.78 is 10.6. The zero-order valence-electron chi connectivity index (χ0n) is 9.62. The Labute approximate surface area is 101 Å². The van der Waals surface area contributed by atoms with Gasteiger partial charge in [0.05, 0.1) is 14.2 Å². The average molecular weight is 242 g/mol. The zero-order valence-corrected chi connectivity index (χ0v) is 10.4. The molecule has 0 unspecified atom stereocenters. The molecule has 0 bridgehead atoms. The molecule has 1 aromatic carbocycles. The molecule has 88 valence electrons. The lowest BCUT2D eigenvalue weighted by Crippen LogP contribution is -2.36. The zero-order chi connectivity index (χ0) is 11.5. The molecule has 0 atom stereocenters. The van der Waals surface area contributed by atoms with E-state index in [-0.39, 0.29) is 0 Å². The van der Waals surface area contributed by atoms with E-state index in [0.29, 0.717) is 10.8 Å². The number of ether oxygens (including phenoxy) is 2. The minimum atomic E-state index is 0.688. The van der Waals surface area contributed by atoms with Crippen LogP contribution in [0.15, 0.2) is 12.1 Å². The number of benzene rings is 1. The van der Waals surface area contributed by atoms with Gasteiger partial charge in [0, 0.05) is 23.2 Å². The van der Waals surface area contributed by atoms with Gasteiger partial charge in [-0.05, 0) is 25.6 Å². The average Bonchev–Trinajstić information content (AvgIpc) is 2.22. The molecule has 2 rings (SSSR count). The smallest absolute Gasteiger partial charge is 0.165 e. The molecular formula is C12H16ClNO2. The summed E-state index contributed by atoms with van der Waals surface area (Å²) in [5.41, 5.74) is 1.09. The van der Waals surface area contributed by atoms with E-state index >= 15 is 0 Å². The van der Waals surface area contributed by atoms with Crippen molar-refractivity contribution in [3.8, 4) is 11.5 Å². The van der Waals surface area contributed by atoms with Gasteiger partial charge in [0.1, 0.15) is 0 Å². The third kappa shape index (κ3) is 2.25.